The lowest BCUT2D eigenvalue weighted by molar-refractivity contribution is 0.475. The molecule has 1 aliphatic rings. The summed E-state index contributed by atoms with van der Waals surface area (Å²) in [6.07, 6.45) is 4.51. The van der Waals surface area contributed by atoms with Crippen molar-refractivity contribution in [3.63, 3.8) is 0 Å². The van der Waals surface area contributed by atoms with Crippen LogP contribution in [0.1, 0.15) is 29.2 Å². The van der Waals surface area contributed by atoms with Gasteiger partial charge < -0.3 is 5.11 Å². The number of aromatic nitrogens is 2. The number of nitriles is 1. The molecule has 0 unspecified atom stereocenters. The largest absolute Gasteiger partial charge is 0.508 e. The number of benzene rings is 2. The van der Waals surface area contributed by atoms with Crippen molar-refractivity contribution in [3.05, 3.63) is 77.6 Å². The van der Waals surface area contributed by atoms with Crippen molar-refractivity contribution in [3.8, 4) is 11.8 Å². The number of hydrogen-bond donors (Lipinski definition) is 1. The number of phenolic OH excluding ortho intramolecular Hbond substituents is 1. The van der Waals surface area contributed by atoms with Crippen molar-refractivity contribution in [2.24, 2.45) is 12.1 Å². The van der Waals surface area contributed by atoms with Gasteiger partial charge in [-0.15, -0.1) is 0 Å². The number of hydrazone groups is 1. The van der Waals surface area contributed by atoms with E-state index < -0.39 is 0 Å². The van der Waals surface area contributed by atoms with Crippen molar-refractivity contribution in [1.82, 2.24) is 9.78 Å². The first kappa shape index (κ1) is 15.9. The average molecular weight is 343 g/mol. The number of nitrogens with zero attached hydrogens (tertiary/aromatic N) is 5. The lowest BCUT2D eigenvalue weighted by atomic mass is 10.00. The summed E-state index contributed by atoms with van der Waals surface area (Å²) in [6, 6.07) is 16.7. The highest BCUT2D eigenvalue weighted by Gasteiger charge is 2.31. The molecule has 2 aromatic carbocycles. The second kappa shape index (κ2) is 6.37. The lowest BCUT2D eigenvalue weighted by Crippen LogP contribution is -2.18. The van der Waals surface area contributed by atoms with E-state index >= 15 is 0 Å². The van der Waals surface area contributed by atoms with E-state index in [1.54, 1.807) is 22.9 Å². The van der Waals surface area contributed by atoms with Crippen LogP contribution in [0.25, 0.3) is 0 Å². The van der Waals surface area contributed by atoms with Crippen LogP contribution >= 0.6 is 0 Å². The average Bonchev–Trinajstić information content (AvgIpc) is 3.28. The Hall–Kier alpha value is -3.59. The zero-order valence-corrected chi connectivity index (χ0v) is 14.2. The van der Waals surface area contributed by atoms with Crippen molar-refractivity contribution in [2.75, 3.05) is 5.01 Å². The Morgan fingerprint density at radius 1 is 1.19 bits per heavy atom. The summed E-state index contributed by atoms with van der Waals surface area (Å²) < 4.78 is 1.77. The third kappa shape index (κ3) is 2.91. The monoisotopic (exact) mass is 343 g/mol. The zero-order valence-electron chi connectivity index (χ0n) is 14.2. The second-order valence-electron chi connectivity index (χ2n) is 6.27. The molecule has 0 radical (unpaired) electrons. The molecule has 3 aromatic rings. The molecule has 0 spiro atoms. The van der Waals surface area contributed by atoms with Crippen molar-refractivity contribution >= 4 is 11.4 Å². The van der Waals surface area contributed by atoms with Gasteiger partial charge in [-0.2, -0.15) is 15.5 Å². The van der Waals surface area contributed by atoms with Crippen molar-refractivity contribution < 1.29 is 5.11 Å². The summed E-state index contributed by atoms with van der Waals surface area (Å²) in [6.45, 7) is 0. The normalized spacial score (nSPS) is 16.4. The maximum Gasteiger partial charge on any atom is 0.116 e. The van der Waals surface area contributed by atoms with Crippen LogP contribution in [-0.4, -0.2) is 20.6 Å². The summed E-state index contributed by atoms with van der Waals surface area (Å²) in [5, 5.41) is 30.0. The van der Waals surface area contributed by atoms with Gasteiger partial charge in [-0.05, 0) is 30.3 Å². The molecule has 6 nitrogen and oxygen atoms in total. The summed E-state index contributed by atoms with van der Waals surface area (Å²) in [7, 11) is 1.89. The molecule has 1 aromatic heterocycles. The van der Waals surface area contributed by atoms with Gasteiger partial charge in [-0.1, -0.05) is 18.2 Å². The molecule has 0 amide bonds. The first-order chi connectivity index (χ1) is 12.6. The summed E-state index contributed by atoms with van der Waals surface area (Å²) in [5.41, 5.74) is 4.27. The van der Waals surface area contributed by atoms with Gasteiger partial charge in [0.1, 0.15) is 5.75 Å². The fourth-order valence-electron chi connectivity index (χ4n) is 3.20. The molecule has 1 aliphatic heterocycles. The minimum atomic E-state index is -0.0185. The first-order valence-corrected chi connectivity index (χ1v) is 8.29. The highest BCUT2D eigenvalue weighted by Crippen LogP contribution is 2.37. The van der Waals surface area contributed by atoms with Crippen molar-refractivity contribution in [2.45, 2.75) is 12.5 Å². The topological polar surface area (TPSA) is 77.4 Å². The van der Waals surface area contributed by atoms with Gasteiger partial charge in [0.15, 0.2) is 0 Å². The fraction of sp³-hybridized carbons (Fsp3) is 0.150. The van der Waals surface area contributed by atoms with Gasteiger partial charge in [-0.3, -0.25) is 9.69 Å². The Morgan fingerprint density at radius 2 is 2.04 bits per heavy atom. The van der Waals surface area contributed by atoms with Crippen molar-refractivity contribution in [1.29, 1.82) is 5.26 Å². The van der Waals surface area contributed by atoms with Crippen LogP contribution in [0.2, 0.25) is 0 Å². The fourth-order valence-corrected chi connectivity index (χ4v) is 3.20. The van der Waals surface area contributed by atoms with Gasteiger partial charge in [0.25, 0.3) is 0 Å². The molecule has 1 N–H and O–H groups in total. The van der Waals surface area contributed by atoms with E-state index in [2.05, 4.69) is 11.2 Å². The Kier molecular flexibility index (Phi) is 3.90. The molecule has 128 valence electrons. The number of phenols is 1. The van der Waals surface area contributed by atoms with Gasteiger partial charge in [0.05, 0.1) is 35.3 Å². The lowest BCUT2D eigenvalue weighted by Gasteiger charge is -2.22. The molecule has 26 heavy (non-hydrogen) atoms. The molecule has 0 saturated heterocycles. The third-order valence-corrected chi connectivity index (χ3v) is 4.44. The number of rotatable bonds is 3. The van der Waals surface area contributed by atoms with Crippen LogP contribution < -0.4 is 5.01 Å². The first-order valence-electron chi connectivity index (χ1n) is 8.29. The van der Waals surface area contributed by atoms with E-state index in [4.69, 9.17) is 5.10 Å². The molecule has 0 aliphatic carbocycles. The number of hydrogen-bond acceptors (Lipinski definition) is 5. The molecule has 6 heteroatoms. The van der Waals surface area contributed by atoms with E-state index in [0.717, 1.165) is 22.5 Å². The van der Waals surface area contributed by atoms with E-state index in [1.165, 1.54) is 0 Å². The van der Waals surface area contributed by atoms with E-state index in [9.17, 15) is 10.4 Å². The molecular weight excluding hydrogens is 326 g/mol. The SMILES string of the molecule is Cn1cc([C@H]2CC(c3cccc(O)c3)=NN2c2cccc(C#N)c2)cn1. The highest BCUT2D eigenvalue weighted by molar-refractivity contribution is 6.03. The molecule has 4 rings (SSSR count). The number of aromatic hydroxyl groups is 1. The quantitative estimate of drug-likeness (QED) is 0.791. The minimum Gasteiger partial charge on any atom is -0.508 e. The van der Waals surface area contributed by atoms with Gasteiger partial charge >= 0.3 is 0 Å². The minimum absolute atomic E-state index is 0.0185. The van der Waals surface area contributed by atoms with Crippen LogP contribution in [0.5, 0.6) is 5.75 Å². The summed E-state index contributed by atoms with van der Waals surface area (Å²) >= 11 is 0. The molecule has 2 heterocycles. The Balaban J connectivity index is 1.78. The summed E-state index contributed by atoms with van der Waals surface area (Å²) in [4.78, 5) is 0. The third-order valence-electron chi connectivity index (χ3n) is 4.44. The Bertz CT molecular complexity index is 1030. The maximum absolute atomic E-state index is 9.79. The number of aryl methyl sites for hydroxylation is 1. The van der Waals surface area contributed by atoms with Crippen LogP contribution in [0.4, 0.5) is 5.69 Å². The standard InChI is InChI=1S/C20H17N5O/c1-24-13-16(12-22-24)20-10-19(15-5-3-7-18(26)9-15)23-25(20)17-6-2-4-14(8-17)11-21/h2-9,12-13,20,26H,10H2,1H3/t20-/m1/s1. The molecule has 0 saturated carbocycles. The van der Waals surface area contributed by atoms with Crippen LogP contribution in [0.3, 0.4) is 0 Å². The van der Waals surface area contributed by atoms with Crippen LogP contribution in [-0.2, 0) is 7.05 Å². The Morgan fingerprint density at radius 3 is 2.77 bits per heavy atom. The Labute approximate surface area is 151 Å². The van der Waals surface area contributed by atoms with Gasteiger partial charge in [0, 0.05) is 30.8 Å². The van der Waals surface area contributed by atoms with Crippen LogP contribution in [0, 0.1) is 11.3 Å². The molecule has 0 fully saturated rings. The molecule has 1 atom stereocenters. The molecular formula is C20H17N5O. The molecule has 0 bridgehead atoms. The second-order valence-corrected chi connectivity index (χ2v) is 6.27. The number of anilines is 1. The highest BCUT2D eigenvalue weighted by atomic mass is 16.3. The van der Waals surface area contributed by atoms with Gasteiger partial charge in [-0.25, -0.2) is 0 Å². The van der Waals surface area contributed by atoms with Gasteiger partial charge in [0.2, 0.25) is 0 Å². The van der Waals surface area contributed by atoms with E-state index in [1.807, 2.05) is 54.8 Å². The van der Waals surface area contributed by atoms with E-state index in [0.29, 0.717) is 12.0 Å². The van der Waals surface area contributed by atoms with Crippen LogP contribution in [0.15, 0.2) is 66.0 Å². The summed E-state index contributed by atoms with van der Waals surface area (Å²) in [5.74, 6) is 0.216. The predicted octanol–water partition coefficient (Wildman–Crippen LogP) is 3.35. The maximum atomic E-state index is 9.79. The zero-order chi connectivity index (χ0) is 18.1. The van der Waals surface area contributed by atoms with E-state index in [-0.39, 0.29) is 11.8 Å². The predicted molar refractivity (Wildman–Crippen MR) is 98.8 cm³/mol. The smallest absolute Gasteiger partial charge is 0.116 e.